The molecule has 0 unspecified atom stereocenters. The molecule has 0 aliphatic carbocycles. The normalized spacial score (nSPS) is 10.2. The average Bonchev–Trinajstić information content (AvgIpc) is 2.42. The van der Waals surface area contributed by atoms with Gasteiger partial charge in [-0.2, -0.15) is 0 Å². The first-order chi connectivity index (χ1) is 9.20. The predicted molar refractivity (Wildman–Crippen MR) is 71.6 cm³/mol. The molecule has 98 valence electrons. The molecule has 0 saturated carbocycles. The van der Waals surface area contributed by atoms with Crippen LogP contribution in [0.15, 0.2) is 36.7 Å². The summed E-state index contributed by atoms with van der Waals surface area (Å²) < 4.78 is 5.08. The molecule has 6 nitrogen and oxygen atoms in total. The number of nitrogens with zero attached hydrogens (tertiary/aromatic N) is 2. The molecule has 0 aliphatic rings. The maximum Gasteiger partial charge on any atom is 0.275 e. The van der Waals surface area contributed by atoms with Crippen molar-refractivity contribution < 1.29 is 9.53 Å². The number of para-hydroxylation sites is 1. The van der Waals surface area contributed by atoms with Gasteiger partial charge in [0.2, 0.25) is 0 Å². The smallest absolute Gasteiger partial charge is 0.275 e. The van der Waals surface area contributed by atoms with Gasteiger partial charge in [0.15, 0.2) is 0 Å². The number of aromatic nitrogens is 2. The summed E-state index contributed by atoms with van der Waals surface area (Å²) in [4.78, 5) is 19.7. The monoisotopic (exact) mass is 258 g/mol. The molecule has 2 aromatic rings. The van der Waals surface area contributed by atoms with Gasteiger partial charge >= 0.3 is 0 Å². The van der Waals surface area contributed by atoms with Crippen LogP contribution in [0.3, 0.4) is 0 Å². The zero-order chi connectivity index (χ0) is 13.7. The first kappa shape index (κ1) is 13.0. The molecule has 1 aromatic heterocycles. The minimum atomic E-state index is -0.337. The number of amides is 1. The van der Waals surface area contributed by atoms with Gasteiger partial charge in [-0.3, -0.25) is 4.79 Å². The van der Waals surface area contributed by atoms with Crippen LogP contribution in [0.2, 0.25) is 0 Å². The third kappa shape index (κ3) is 3.26. The Morgan fingerprint density at radius 3 is 2.79 bits per heavy atom. The van der Waals surface area contributed by atoms with Gasteiger partial charge in [0, 0.05) is 18.4 Å². The van der Waals surface area contributed by atoms with E-state index in [2.05, 4.69) is 15.3 Å². The molecule has 0 radical (unpaired) electrons. The number of methoxy groups -OCH3 is 1. The van der Waals surface area contributed by atoms with Crippen molar-refractivity contribution in [1.82, 2.24) is 9.97 Å². The van der Waals surface area contributed by atoms with Crippen LogP contribution in [0.25, 0.3) is 0 Å². The molecular weight excluding hydrogens is 244 g/mol. The van der Waals surface area contributed by atoms with Gasteiger partial charge in [0.25, 0.3) is 5.91 Å². The fraction of sp³-hybridized carbons (Fsp3) is 0.154. The highest BCUT2D eigenvalue weighted by Gasteiger charge is 2.10. The molecule has 0 saturated heterocycles. The van der Waals surface area contributed by atoms with Crippen LogP contribution in [0.5, 0.6) is 0 Å². The van der Waals surface area contributed by atoms with Crippen LogP contribution in [0, 0.1) is 0 Å². The molecule has 1 amide bonds. The maximum absolute atomic E-state index is 12.0. The standard InChI is InChI=1S/C13H14N4O2/c1-19-8-9-4-2-3-5-10(9)17-13(18)11-6-16-12(14)7-15-11/h2-7H,8H2,1H3,(H2,14,16)(H,17,18). The van der Waals surface area contributed by atoms with Crippen molar-refractivity contribution in [3.8, 4) is 0 Å². The first-order valence-electron chi connectivity index (χ1n) is 5.66. The minimum absolute atomic E-state index is 0.210. The number of anilines is 2. The van der Waals surface area contributed by atoms with E-state index in [0.717, 1.165) is 5.56 Å². The van der Waals surface area contributed by atoms with Crippen LogP contribution in [0.1, 0.15) is 16.1 Å². The second-order valence-electron chi connectivity index (χ2n) is 3.87. The molecule has 1 aromatic carbocycles. The van der Waals surface area contributed by atoms with Gasteiger partial charge in [-0.15, -0.1) is 0 Å². The highest BCUT2D eigenvalue weighted by atomic mass is 16.5. The van der Waals surface area contributed by atoms with Crippen molar-refractivity contribution >= 4 is 17.4 Å². The summed E-state index contributed by atoms with van der Waals surface area (Å²) >= 11 is 0. The van der Waals surface area contributed by atoms with E-state index in [1.54, 1.807) is 13.2 Å². The topological polar surface area (TPSA) is 90.1 Å². The van der Waals surface area contributed by atoms with Crippen molar-refractivity contribution in [2.45, 2.75) is 6.61 Å². The molecule has 0 aliphatic heterocycles. The van der Waals surface area contributed by atoms with Gasteiger partial charge < -0.3 is 15.8 Å². The molecule has 0 fully saturated rings. The van der Waals surface area contributed by atoms with Crippen molar-refractivity contribution in [3.05, 3.63) is 47.9 Å². The largest absolute Gasteiger partial charge is 0.382 e. The number of nitrogens with one attached hydrogen (secondary N) is 1. The van der Waals surface area contributed by atoms with Crippen LogP contribution >= 0.6 is 0 Å². The third-order valence-electron chi connectivity index (χ3n) is 2.47. The summed E-state index contributed by atoms with van der Waals surface area (Å²) in [5.74, 6) is -0.0626. The van der Waals surface area contributed by atoms with Crippen molar-refractivity contribution in [1.29, 1.82) is 0 Å². The van der Waals surface area contributed by atoms with Crippen molar-refractivity contribution in [2.75, 3.05) is 18.2 Å². The van der Waals surface area contributed by atoms with Crippen molar-refractivity contribution in [3.63, 3.8) is 0 Å². The Bertz CT molecular complexity index is 569. The lowest BCUT2D eigenvalue weighted by atomic mass is 10.2. The average molecular weight is 258 g/mol. The lowest BCUT2D eigenvalue weighted by molar-refractivity contribution is 0.102. The van der Waals surface area contributed by atoms with E-state index in [4.69, 9.17) is 10.5 Å². The number of nitrogens with two attached hydrogens (primary N) is 1. The third-order valence-corrected chi connectivity index (χ3v) is 2.47. The minimum Gasteiger partial charge on any atom is -0.382 e. The molecule has 19 heavy (non-hydrogen) atoms. The van der Waals surface area contributed by atoms with E-state index in [9.17, 15) is 4.79 Å². The highest BCUT2D eigenvalue weighted by Crippen LogP contribution is 2.16. The Hall–Kier alpha value is -2.47. The van der Waals surface area contributed by atoms with E-state index in [0.29, 0.717) is 12.3 Å². The van der Waals surface area contributed by atoms with Gasteiger partial charge in [-0.05, 0) is 6.07 Å². The Morgan fingerprint density at radius 1 is 1.32 bits per heavy atom. The summed E-state index contributed by atoms with van der Waals surface area (Å²) in [5, 5.41) is 2.77. The van der Waals surface area contributed by atoms with E-state index in [-0.39, 0.29) is 17.4 Å². The Labute approximate surface area is 110 Å². The zero-order valence-corrected chi connectivity index (χ0v) is 10.5. The fourth-order valence-corrected chi connectivity index (χ4v) is 1.57. The van der Waals surface area contributed by atoms with E-state index in [1.807, 2.05) is 18.2 Å². The first-order valence-corrected chi connectivity index (χ1v) is 5.66. The molecule has 0 spiro atoms. The van der Waals surface area contributed by atoms with Crippen molar-refractivity contribution in [2.24, 2.45) is 0 Å². The number of hydrogen-bond donors (Lipinski definition) is 2. The number of carbonyl (C=O) groups is 1. The molecule has 6 heteroatoms. The second kappa shape index (κ2) is 5.92. The SMILES string of the molecule is COCc1ccccc1NC(=O)c1cnc(N)cn1. The van der Waals surface area contributed by atoms with Gasteiger partial charge in [0.1, 0.15) is 11.5 Å². The molecular formula is C13H14N4O2. The maximum atomic E-state index is 12.0. The van der Waals surface area contributed by atoms with E-state index >= 15 is 0 Å². The molecule has 3 N–H and O–H groups in total. The summed E-state index contributed by atoms with van der Waals surface area (Å²) in [5.41, 5.74) is 7.21. The summed E-state index contributed by atoms with van der Waals surface area (Å²) in [6, 6.07) is 7.40. The van der Waals surface area contributed by atoms with Crippen LogP contribution in [-0.2, 0) is 11.3 Å². The predicted octanol–water partition coefficient (Wildman–Crippen LogP) is 1.46. The lowest BCUT2D eigenvalue weighted by Gasteiger charge is -2.09. The quantitative estimate of drug-likeness (QED) is 0.866. The van der Waals surface area contributed by atoms with Crippen LogP contribution in [0.4, 0.5) is 11.5 Å². The number of carbonyl (C=O) groups excluding carboxylic acids is 1. The molecule has 2 rings (SSSR count). The van der Waals surface area contributed by atoms with Gasteiger partial charge in [-0.1, -0.05) is 18.2 Å². The summed E-state index contributed by atoms with van der Waals surface area (Å²) in [7, 11) is 1.60. The Morgan fingerprint density at radius 2 is 2.11 bits per heavy atom. The number of hydrogen-bond acceptors (Lipinski definition) is 5. The summed E-state index contributed by atoms with van der Waals surface area (Å²) in [6.07, 6.45) is 2.68. The Kier molecular flexibility index (Phi) is 4.04. The number of rotatable bonds is 4. The van der Waals surface area contributed by atoms with Gasteiger partial charge in [0.05, 0.1) is 19.0 Å². The van der Waals surface area contributed by atoms with Crippen LogP contribution < -0.4 is 11.1 Å². The lowest BCUT2D eigenvalue weighted by Crippen LogP contribution is -2.15. The fourth-order valence-electron chi connectivity index (χ4n) is 1.57. The second-order valence-corrected chi connectivity index (χ2v) is 3.87. The van der Waals surface area contributed by atoms with Gasteiger partial charge in [-0.25, -0.2) is 9.97 Å². The summed E-state index contributed by atoms with van der Waals surface area (Å²) in [6.45, 7) is 0.421. The Balaban J connectivity index is 2.16. The zero-order valence-electron chi connectivity index (χ0n) is 10.5. The highest BCUT2D eigenvalue weighted by molar-refractivity contribution is 6.03. The molecule has 0 atom stereocenters. The number of nitrogen functional groups attached to an aromatic ring is 1. The van der Waals surface area contributed by atoms with E-state index in [1.165, 1.54) is 12.4 Å². The number of ether oxygens (including phenoxy) is 1. The van der Waals surface area contributed by atoms with E-state index < -0.39 is 0 Å². The van der Waals surface area contributed by atoms with Crippen LogP contribution in [-0.4, -0.2) is 23.0 Å². The number of benzene rings is 1. The molecule has 1 heterocycles. The molecule has 0 bridgehead atoms.